The number of aromatic nitrogens is 2. The molecule has 5 N–H and O–H groups in total. The Labute approximate surface area is 157 Å². The SMILES string of the molecule is CN(C)C(=O)CNc1ccc(Nc2ncc(C(N)=O)c(NC3CC3)n2)cc1. The first-order chi connectivity index (χ1) is 12.9. The molecule has 27 heavy (non-hydrogen) atoms. The Morgan fingerprint density at radius 2 is 1.85 bits per heavy atom. The summed E-state index contributed by atoms with van der Waals surface area (Å²) < 4.78 is 0. The molecule has 1 saturated carbocycles. The smallest absolute Gasteiger partial charge is 0.254 e. The highest BCUT2D eigenvalue weighted by Crippen LogP contribution is 2.26. The van der Waals surface area contributed by atoms with Gasteiger partial charge in [-0.3, -0.25) is 9.59 Å². The molecule has 0 bridgehead atoms. The summed E-state index contributed by atoms with van der Waals surface area (Å²) in [6.07, 6.45) is 3.52. The second-order valence-electron chi connectivity index (χ2n) is 6.58. The second-order valence-corrected chi connectivity index (χ2v) is 6.58. The van der Waals surface area contributed by atoms with Crippen LogP contribution < -0.4 is 21.7 Å². The number of primary amides is 1. The molecule has 1 aromatic carbocycles. The van der Waals surface area contributed by atoms with Crippen molar-refractivity contribution in [2.24, 2.45) is 5.73 Å². The van der Waals surface area contributed by atoms with Crippen LogP contribution in [0.15, 0.2) is 30.5 Å². The molecular weight excluding hydrogens is 346 g/mol. The molecule has 1 heterocycles. The predicted molar refractivity (Wildman–Crippen MR) is 104 cm³/mol. The van der Waals surface area contributed by atoms with Crippen LogP contribution in [0.25, 0.3) is 0 Å². The molecular formula is C18H23N7O2. The maximum Gasteiger partial charge on any atom is 0.254 e. The van der Waals surface area contributed by atoms with Crippen molar-refractivity contribution in [2.75, 3.05) is 36.6 Å². The Hall–Kier alpha value is -3.36. The summed E-state index contributed by atoms with van der Waals surface area (Å²) in [5, 5.41) is 9.36. The molecule has 1 fully saturated rings. The lowest BCUT2D eigenvalue weighted by atomic mass is 10.2. The minimum absolute atomic E-state index is 0.00386. The van der Waals surface area contributed by atoms with E-state index in [1.165, 1.54) is 11.1 Å². The summed E-state index contributed by atoms with van der Waals surface area (Å²) in [7, 11) is 3.43. The minimum atomic E-state index is -0.563. The molecule has 9 heteroatoms. The van der Waals surface area contributed by atoms with E-state index in [9.17, 15) is 9.59 Å². The van der Waals surface area contributed by atoms with Crippen LogP contribution in [0.5, 0.6) is 0 Å². The Kier molecular flexibility index (Phi) is 5.39. The van der Waals surface area contributed by atoms with Crippen molar-refractivity contribution in [2.45, 2.75) is 18.9 Å². The lowest BCUT2D eigenvalue weighted by Crippen LogP contribution is -2.28. The largest absolute Gasteiger partial charge is 0.376 e. The first-order valence-corrected chi connectivity index (χ1v) is 8.67. The first kappa shape index (κ1) is 18.4. The van der Waals surface area contributed by atoms with Gasteiger partial charge in [-0.15, -0.1) is 0 Å². The Morgan fingerprint density at radius 3 is 2.44 bits per heavy atom. The number of likely N-dealkylation sites (N-methyl/N-ethyl adjacent to an activating group) is 1. The standard InChI is InChI=1S/C18H23N7O2/c1-25(2)15(26)10-20-11-3-5-13(6-4-11)23-18-21-9-14(16(19)27)17(24-18)22-12-7-8-12/h3-6,9,12,20H,7-8,10H2,1-2H3,(H2,19,27)(H2,21,22,23,24). The first-order valence-electron chi connectivity index (χ1n) is 8.67. The fourth-order valence-corrected chi connectivity index (χ4v) is 2.29. The maximum atomic E-state index is 11.6. The van der Waals surface area contributed by atoms with Gasteiger partial charge in [0.2, 0.25) is 11.9 Å². The highest BCUT2D eigenvalue weighted by molar-refractivity contribution is 5.97. The average Bonchev–Trinajstić information content (AvgIpc) is 3.44. The molecule has 0 saturated heterocycles. The lowest BCUT2D eigenvalue weighted by Gasteiger charge is -2.13. The van der Waals surface area contributed by atoms with Crippen LogP contribution in [0.3, 0.4) is 0 Å². The number of carbonyl (C=O) groups excluding carboxylic acids is 2. The van der Waals surface area contributed by atoms with Gasteiger partial charge in [-0.2, -0.15) is 4.98 Å². The van der Waals surface area contributed by atoms with Gasteiger partial charge in [0.1, 0.15) is 5.82 Å². The highest BCUT2D eigenvalue weighted by Gasteiger charge is 2.24. The summed E-state index contributed by atoms with van der Waals surface area (Å²) in [6, 6.07) is 7.74. The number of hydrogen-bond donors (Lipinski definition) is 4. The molecule has 0 aliphatic heterocycles. The van der Waals surface area contributed by atoms with E-state index in [0.29, 0.717) is 17.8 Å². The van der Waals surface area contributed by atoms with Crippen LogP contribution >= 0.6 is 0 Å². The molecule has 1 aliphatic carbocycles. The van der Waals surface area contributed by atoms with E-state index in [1.54, 1.807) is 14.1 Å². The van der Waals surface area contributed by atoms with Crippen LogP contribution in [0.1, 0.15) is 23.2 Å². The summed E-state index contributed by atoms with van der Waals surface area (Å²) in [5.41, 5.74) is 7.27. The van der Waals surface area contributed by atoms with E-state index in [4.69, 9.17) is 5.73 Å². The Bertz CT molecular complexity index is 832. The van der Waals surface area contributed by atoms with Crippen molar-refractivity contribution < 1.29 is 9.59 Å². The topological polar surface area (TPSA) is 125 Å². The van der Waals surface area contributed by atoms with Gasteiger partial charge in [-0.25, -0.2) is 4.98 Å². The molecule has 9 nitrogen and oxygen atoms in total. The maximum absolute atomic E-state index is 11.6. The number of hydrogen-bond acceptors (Lipinski definition) is 7. The van der Waals surface area contributed by atoms with E-state index >= 15 is 0 Å². The number of nitrogens with one attached hydrogen (secondary N) is 3. The van der Waals surface area contributed by atoms with Gasteiger partial charge in [0, 0.05) is 37.7 Å². The number of rotatable bonds is 8. The molecule has 0 spiro atoms. The molecule has 1 aromatic heterocycles. The van der Waals surface area contributed by atoms with E-state index < -0.39 is 5.91 Å². The lowest BCUT2D eigenvalue weighted by molar-refractivity contribution is -0.126. The van der Waals surface area contributed by atoms with Crippen molar-refractivity contribution in [3.8, 4) is 0 Å². The van der Waals surface area contributed by atoms with Crippen molar-refractivity contribution in [1.29, 1.82) is 0 Å². The normalized spacial score (nSPS) is 13.0. The minimum Gasteiger partial charge on any atom is -0.376 e. The summed E-state index contributed by atoms with van der Waals surface area (Å²) in [5.74, 6) is 0.248. The van der Waals surface area contributed by atoms with Gasteiger partial charge in [0.25, 0.3) is 5.91 Å². The molecule has 2 aromatic rings. The zero-order chi connectivity index (χ0) is 19.4. The fourth-order valence-electron chi connectivity index (χ4n) is 2.29. The molecule has 142 valence electrons. The van der Waals surface area contributed by atoms with Crippen LogP contribution in [0, 0.1) is 0 Å². The third-order valence-corrected chi connectivity index (χ3v) is 4.06. The van der Waals surface area contributed by atoms with Gasteiger partial charge in [-0.05, 0) is 37.1 Å². The van der Waals surface area contributed by atoms with Crippen molar-refractivity contribution >= 4 is 35.0 Å². The predicted octanol–water partition coefficient (Wildman–Crippen LogP) is 1.39. The van der Waals surface area contributed by atoms with Gasteiger partial charge < -0.3 is 26.6 Å². The van der Waals surface area contributed by atoms with E-state index in [2.05, 4.69) is 25.9 Å². The van der Waals surface area contributed by atoms with Gasteiger partial charge in [-0.1, -0.05) is 0 Å². The van der Waals surface area contributed by atoms with E-state index in [-0.39, 0.29) is 18.0 Å². The van der Waals surface area contributed by atoms with Crippen LogP contribution in [0.4, 0.5) is 23.1 Å². The van der Waals surface area contributed by atoms with Crippen molar-refractivity contribution in [1.82, 2.24) is 14.9 Å². The van der Waals surface area contributed by atoms with E-state index in [0.717, 1.165) is 24.2 Å². The number of nitrogens with two attached hydrogens (primary N) is 1. The van der Waals surface area contributed by atoms with Crippen LogP contribution in [-0.4, -0.2) is 53.4 Å². The molecule has 2 amide bonds. The number of nitrogens with zero attached hydrogens (tertiary/aromatic N) is 3. The quantitative estimate of drug-likeness (QED) is 0.554. The summed E-state index contributed by atoms with van der Waals surface area (Å²) in [4.78, 5) is 33.2. The fraction of sp³-hybridized carbons (Fsp3) is 0.333. The zero-order valence-corrected chi connectivity index (χ0v) is 15.3. The number of anilines is 4. The second kappa shape index (κ2) is 7.90. The number of amides is 2. The molecule has 0 unspecified atom stereocenters. The Morgan fingerprint density at radius 1 is 1.19 bits per heavy atom. The zero-order valence-electron chi connectivity index (χ0n) is 15.3. The van der Waals surface area contributed by atoms with Gasteiger partial charge >= 0.3 is 0 Å². The summed E-state index contributed by atoms with van der Waals surface area (Å²) >= 11 is 0. The van der Waals surface area contributed by atoms with Crippen LogP contribution in [-0.2, 0) is 4.79 Å². The molecule has 0 radical (unpaired) electrons. The van der Waals surface area contributed by atoms with Crippen molar-refractivity contribution in [3.05, 3.63) is 36.0 Å². The molecule has 0 atom stereocenters. The monoisotopic (exact) mass is 369 g/mol. The highest BCUT2D eigenvalue weighted by atomic mass is 16.2. The third-order valence-electron chi connectivity index (χ3n) is 4.06. The average molecular weight is 369 g/mol. The van der Waals surface area contributed by atoms with Crippen molar-refractivity contribution in [3.63, 3.8) is 0 Å². The van der Waals surface area contributed by atoms with Gasteiger partial charge in [0.05, 0.1) is 12.1 Å². The van der Waals surface area contributed by atoms with Crippen LogP contribution in [0.2, 0.25) is 0 Å². The Balaban J connectivity index is 1.66. The van der Waals surface area contributed by atoms with Gasteiger partial charge in [0.15, 0.2) is 0 Å². The number of benzene rings is 1. The molecule has 3 rings (SSSR count). The third kappa shape index (κ3) is 5.06. The number of carbonyl (C=O) groups is 2. The summed E-state index contributed by atoms with van der Waals surface area (Å²) in [6.45, 7) is 0.230. The van der Waals surface area contributed by atoms with E-state index in [1.807, 2.05) is 24.3 Å². The molecule has 1 aliphatic rings.